The number of carbonyl (C=O) groups is 1. The first-order valence-electron chi connectivity index (χ1n) is 12.0. The first-order chi connectivity index (χ1) is 17.3. The molecule has 1 aliphatic heterocycles. The highest BCUT2D eigenvalue weighted by Gasteiger charge is 2.26. The van der Waals surface area contributed by atoms with Crippen LogP contribution in [-0.4, -0.2) is 59.0 Å². The summed E-state index contributed by atoms with van der Waals surface area (Å²) in [6, 6.07) is 12.6. The van der Waals surface area contributed by atoms with Crippen molar-refractivity contribution in [3.8, 4) is 11.3 Å². The van der Waals surface area contributed by atoms with E-state index >= 15 is 0 Å². The van der Waals surface area contributed by atoms with Crippen molar-refractivity contribution in [1.82, 2.24) is 19.9 Å². The number of benzene rings is 2. The molecule has 1 atom stereocenters. The summed E-state index contributed by atoms with van der Waals surface area (Å²) in [6.07, 6.45) is 4.62. The number of aryl methyl sites for hydroxylation is 1. The van der Waals surface area contributed by atoms with Gasteiger partial charge in [0.25, 0.3) is 0 Å². The van der Waals surface area contributed by atoms with Gasteiger partial charge in [0.05, 0.1) is 28.3 Å². The third kappa shape index (κ3) is 4.74. The van der Waals surface area contributed by atoms with E-state index in [-0.39, 0.29) is 5.91 Å². The number of rotatable bonds is 6. The standard InChI is InChI=1S/C27H30ClN7O/c1-16-6-5-7-20-21(13-29-25(16)20)26-22(28)14-30-27(33-26)32-18-8-9-24(23(12-18)31-17(2)36)35-11-10-19(15-35)34(3)4/h5-9,12-14,19,29H,10-11,15H2,1-4H3,(H,31,36)(H,30,32,33)/t19-/m1/s1. The molecule has 186 valence electrons. The molecule has 2 aromatic heterocycles. The van der Waals surface area contributed by atoms with Gasteiger partial charge < -0.3 is 25.4 Å². The van der Waals surface area contributed by atoms with Gasteiger partial charge in [0.15, 0.2) is 0 Å². The van der Waals surface area contributed by atoms with Gasteiger partial charge in [-0.15, -0.1) is 0 Å². The van der Waals surface area contributed by atoms with E-state index < -0.39 is 0 Å². The number of likely N-dealkylation sites (N-methyl/N-ethyl adjacent to an activating group) is 1. The normalized spacial score (nSPS) is 15.6. The van der Waals surface area contributed by atoms with Crippen molar-refractivity contribution in [2.45, 2.75) is 26.3 Å². The van der Waals surface area contributed by atoms with Crippen molar-refractivity contribution in [2.75, 3.05) is 42.7 Å². The fraction of sp³-hybridized carbons (Fsp3) is 0.296. The lowest BCUT2D eigenvalue weighted by Crippen LogP contribution is -2.31. The largest absolute Gasteiger partial charge is 0.368 e. The van der Waals surface area contributed by atoms with Gasteiger partial charge >= 0.3 is 0 Å². The van der Waals surface area contributed by atoms with Gasteiger partial charge in [0.2, 0.25) is 11.9 Å². The number of halogens is 1. The SMILES string of the molecule is CC(=O)Nc1cc(Nc2ncc(Cl)c(-c3c[nH]c4c(C)cccc34)n2)ccc1N1CC[C@@H](N(C)C)C1. The minimum absolute atomic E-state index is 0.114. The lowest BCUT2D eigenvalue weighted by molar-refractivity contribution is -0.114. The monoisotopic (exact) mass is 503 g/mol. The zero-order chi connectivity index (χ0) is 25.4. The second kappa shape index (κ2) is 9.79. The lowest BCUT2D eigenvalue weighted by Gasteiger charge is -2.24. The number of aromatic amines is 1. The molecule has 0 unspecified atom stereocenters. The molecule has 9 heteroatoms. The number of fused-ring (bicyclic) bond motifs is 1. The first kappa shape index (κ1) is 24.1. The summed E-state index contributed by atoms with van der Waals surface area (Å²) in [4.78, 5) is 29.0. The smallest absolute Gasteiger partial charge is 0.227 e. The molecular formula is C27H30ClN7O. The molecule has 0 aliphatic carbocycles. The Morgan fingerprint density at radius 1 is 1.25 bits per heavy atom. The Labute approximate surface area is 215 Å². The number of amides is 1. The second-order valence-corrected chi connectivity index (χ2v) is 9.89. The Morgan fingerprint density at radius 2 is 2.08 bits per heavy atom. The number of para-hydroxylation sites is 1. The molecule has 2 aromatic carbocycles. The number of hydrogen-bond acceptors (Lipinski definition) is 6. The van der Waals surface area contributed by atoms with Crippen LogP contribution in [0.3, 0.4) is 0 Å². The summed E-state index contributed by atoms with van der Waals surface area (Å²) in [5, 5.41) is 7.80. The van der Waals surface area contributed by atoms with E-state index in [9.17, 15) is 4.79 Å². The number of nitrogens with zero attached hydrogens (tertiary/aromatic N) is 4. The molecule has 1 saturated heterocycles. The zero-order valence-corrected chi connectivity index (χ0v) is 21.6. The summed E-state index contributed by atoms with van der Waals surface area (Å²) in [5.74, 6) is 0.309. The van der Waals surface area contributed by atoms with Gasteiger partial charge in [-0.05, 0) is 51.2 Å². The zero-order valence-electron chi connectivity index (χ0n) is 20.9. The quantitative estimate of drug-likeness (QED) is 0.325. The molecule has 36 heavy (non-hydrogen) atoms. The molecule has 3 heterocycles. The van der Waals surface area contributed by atoms with Crippen molar-refractivity contribution in [2.24, 2.45) is 0 Å². The van der Waals surface area contributed by atoms with Crippen LogP contribution in [0.5, 0.6) is 0 Å². The fourth-order valence-corrected chi connectivity index (χ4v) is 5.00. The second-order valence-electron chi connectivity index (χ2n) is 9.48. The van der Waals surface area contributed by atoms with Crippen LogP contribution in [-0.2, 0) is 4.79 Å². The highest BCUT2D eigenvalue weighted by molar-refractivity contribution is 6.33. The van der Waals surface area contributed by atoms with E-state index in [1.807, 2.05) is 30.5 Å². The highest BCUT2D eigenvalue weighted by Crippen LogP contribution is 2.35. The molecule has 1 fully saturated rings. The van der Waals surface area contributed by atoms with Gasteiger partial charge in [-0.25, -0.2) is 9.97 Å². The van der Waals surface area contributed by atoms with Crippen LogP contribution >= 0.6 is 11.6 Å². The Bertz CT molecular complexity index is 1430. The fourth-order valence-electron chi connectivity index (χ4n) is 4.81. The predicted molar refractivity (Wildman–Crippen MR) is 147 cm³/mol. The summed E-state index contributed by atoms with van der Waals surface area (Å²) in [6.45, 7) is 5.44. The molecule has 0 spiro atoms. The maximum atomic E-state index is 12.0. The molecule has 1 aliphatic rings. The Kier molecular flexibility index (Phi) is 6.55. The number of anilines is 4. The van der Waals surface area contributed by atoms with E-state index in [4.69, 9.17) is 16.6 Å². The van der Waals surface area contributed by atoms with Crippen LogP contribution in [0.15, 0.2) is 48.8 Å². The summed E-state index contributed by atoms with van der Waals surface area (Å²) < 4.78 is 0. The molecule has 1 amide bonds. The van der Waals surface area contributed by atoms with Crippen LogP contribution in [0.1, 0.15) is 18.9 Å². The summed E-state index contributed by atoms with van der Waals surface area (Å²) in [5.41, 5.74) is 6.32. The minimum atomic E-state index is -0.114. The average molecular weight is 504 g/mol. The van der Waals surface area contributed by atoms with Crippen molar-refractivity contribution in [3.63, 3.8) is 0 Å². The van der Waals surface area contributed by atoms with E-state index in [1.54, 1.807) is 6.20 Å². The number of carbonyl (C=O) groups excluding carboxylic acids is 1. The van der Waals surface area contributed by atoms with Crippen LogP contribution in [0.25, 0.3) is 22.2 Å². The van der Waals surface area contributed by atoms with Crippen LogP contribution in [0, 0.1) is 6.92 Å². The van der Waals surface area contributed by atoms with Gasteiger partial charge in [-0.2, -0.15) is 0 Å². The predicted octanol–water partition coefficient (Wildman–Crippen LogP) is 5.43. The number of nitrogens with one attached hydrogen (secondary N) is 3. The van der Waals surface area contributed by atoms with E-state index in [1.165, 1.54) is 6.92 Å². The average Bonchev–Trinajstić information content (AvgIpc) is 3.49. The molecule has 0 bridgehead atoms. The van der Waals surface area contributed by atoms with Crippen LogP contribution in [0.4, 0.5) is 23.0 Å². The molecule has 4 aromatic rings. The number of H-pyrrole nitrogens is 1. The van der Waals surface area contributed by atoms with Crippen molar-refractivity contribution < 1.29 is 4.79 Å². The van der Waals surface area contributed by atoms with Crippen molar-refractivity contribution >= 4 is 51.4 Å². The Balaban J connectivity index is 1.45. The first-order valence-corrected chi connectivity index (χ1v) is 12.4. The summed E-state index contributed by atoms with van der Waals surface area (Å²) >= 11 is 6.52. The van der Waals surface area contributed by atoms with Gasteiger partial charge in [0, 0.05) is 54.4 Å². The lowest BCUT2D eigenvalue weighted by atomic mass is 10.1. The van der Waals surface area contributed by atoms with E-state index in [0.29, 0.717) is 22.7 Å². The van der Waals surface area contributed by atoms with Crippen molar-refractivity contribution in [3.05, 3.63) is 59.4 Å². The van der Waals surface area contributed by atoms with Gasteiger partial charge in [0.1, 0.15) is 0 Å². The van der Waals surface area contributed by atoms with Gasteiger partial charge in [-0.3, -0.25) is 4.79 Å². The van der Waals surface area contributed by atoms with E-state index in [0.717, 1.165) is 58.6 Å². The number of aromatic nitrogens is 3. The van der Waals surface area contributed by atoms with Crippen LogP contribution < -0.4 is 15.5 Å². The van der Waals surface area contributed by atoms with Gasteiger partial charge in [-0.1, -0.05) is 29.8 Å². The molecule has 0 saturated carbocycles. The third-order valence-corrected chi connectivity index (χ3v) is 7.00. The minimum Gasteiger partial charge on any atom is -0.368 e. The molecule has 0 radical (unpaired) electrons. The van der Waals surface area contributed by atoms with Crippen molar-refractivity contribution in [1.29, 1.82) is 0 Å². The van der Waals surface area contributed by atoms with Crippen LogP contribution in [0.2, 0.25) is 5.02 Å². The molecular weight excluding hydrogens is 474 g/mol. The molecule has 5 rings (SSSR count). The summed E-state index contributed by atoms with van der Waals surface area (Å²) in [7, 11) is 4.21. The third-order valence-electron chi connectivity index (χ3n) is 6.72. The number of hydrogen-bond donors (Lipinski definition) is 3. The Morgan fingerprint density at radius 3 is 2.83 bits per heavy atom. The van der Waals surface area contributed by atoms with E-state index in [2.05, 4.69) is 63.6 Å². The Hall–Kier alpha value is -3.62. The highest BCUT2D eigenvalue weighted by atomic mass is 35.5. The topological polar surface area (TPSA) is 89.2 Å². The molecule has 3 N–H and O–H groups in total. The maximum absolute atomic E-state index is 12.0. The maximum Gasteiger partial charge on any atom is 0.227 e. The molecule has 8 nitrogen and oxygen atoms in total.